The molecule has 2 aromatic rings. The van der Waals surface area contributed by atoms with Gasteiger partial charge in [0, 0.05) is 27.1 Å². The summed E-state index contributed by atoms with van der Waals surface area (Å²) in [4.78, 5) is 0.193. The van der Waals surface area contributed by atoms with Crippen molar-refractivity contribution in [3.05, 3.63) is 36.0 Å². The van der Waals surface area contributed by atoms with Gasteiger partial charge in [-0.05, 0) is 24.3 Å². The molecule has 26 heavy (non-hydrogen) atoms. The second-order valence-corrected chi connectivity index (χ2v) is 7.63. The highest BCUT2D eigenvalue weighted by molar-refractivity contribution is 7.89. The molecule has 0 saturated carbocycles. The van der Waals surface area contributed by atoms with Gasteiger partial charge in [0.15, 0.2) is 0 Å². The van der Waals surface area contributed by atoms with Gasteiger partial charge in [-0.1, -0.05) is 0 Å². The van der Waals surface area contributed by atoms with E-state index >= 15 is 0 Å². The lowest BCUT2D eigenvalue weighted by Gasteiger charge is -2.30. The number of aryl methyl sites for hydroxylation is 1. The Morgan fingerprint density at radius 1 is 1.23 bits per heavy atom. The van der Waals surface area contributed by atoms with Gasteiger partial charge in [-0.3, -0.25) is 0 Å². The molecule has 0 bridgehead atoms. The van der Waals surface area contributed by atoms with E-state index in [0.717, 1.165) is 0 Å². The summed E-state index contributed by atoms with van der Waals surface area (Å²) >= 11 is 0. The molecule has 1 aliphatic rings. The minimum absolute atomic E-state index is 0.121. The summed E-state index contributed by atoms with van der Waals surface area (Å²) in [5.74, 6) is 1.28. The van der Waals surface area contributed by atoms with Gasteiger partial charge in [0.2, 0.25) is 21.8 Å². The van der Waals surface area contributed by atoms with E-state index in [1.807, 2.05) is 0 Å². The van der Waals surface area contributed by atoms with E-state index in [9.17, 15) is 8.42 Å². The predicted octanol–water partition coefficient (Wildman–Crippen LogP) is 1.17. The number of ether oxygens (including phenoxy) is 3. The zero-order chi connectivity index (χ0) is 18.6. The van der Waals surface area contributed by atoms with Crippen LogP contribution in [-0.2, 0) is 19.5 Å². The normalized spacial score (nSPS) is 18.8. The molecule has 3 rings (SSSR count). The number of methoxy groups -OCH3 is 1. The maximum absolute atomic E-state index is 12.9. The molecule has 1 aromatic carbocycles. The number of sulfonamides is 1. The van der Waals surface area contributed by atoms with Crippen molar-refractivity contribution in [1.29, 1.82) is 0 Å². The number of morpholine rings is 1. The molecule has 0 N–H and O–H groups in total. The molecule has 1 saturated heterocycles. The fraction of sp³-hybridized carbons (Fsp3) is 0.500. The Hall–Kier alpha value is -2.01. The van der Waals surface area contributed by atoms with Crippen LogP contribution in [-0.4, -0.2) is 62.9 Å². The Morgan fingerprint density at radius 2 is 2.00 bits per heavy atom. The lowest BCUT2D eigenvalue weighted by molar-refractivity contribution is -0.0176. The number of benzene rings is 1. The average Bonchev–Trinajstić information content (AvgIpc) is 3.09. The van der Waals surface area contributed by atoms with Crippen LogP contribution < -0.4 is 4.74 Å². The Bertz CT molecular complexity index is 821. The van der Waals surface area contributed by atoms with Gasteiger partial charge in [-0.2, -0.15) is 4.31 Å². The number of hydrogen-bond acceptors (Lipinski definition) is 8. The standard InChI is InChI=1S/C16H21N3O6S/c1-12-17-18-16(25-12)15-11-19(7-8-24-15)26(20,21)14-5-3-13(4-6-14)23-10-9-22-2/h3-6,15H,7-11H2,1-2H3/t15-/m1/s1. The second-order valence-electron chi connectivity index (χ2n) is 5.69. The Balaban J connectivity index is 1.70. The van der Waals surface area contributed by atoms with E-state index in [4.69, 9.17) is 18.6 Å². The van der Waals surface area contributed by atoms with Crippen LogP contribution in [0.1, 0.15) is 17.9 Å². The fourth-order valence-corrected chi connectivity index (χ4v) is 3.96. The lowest BCUT2D eigenvalue weighted by Crippen LogP contribution is -2.42. The molecular formula is C16H21N3O6S. The van der Waals surface area contributed by atoms with E-state index < -0.39 is 16.1 Å². The van der Waals surface area contributed by atoms with Gasteiger partial charge < -0.3 is 18.6 Å². The highest BCUT2D eigenvalue weighted by Crippen LogP contribution is 2.26. The SMILES string of the molecule is COCCOc1ccc(S(=O)(=O)N2CCO[C@@H](c3nnc(C)o3)C2)cc1. The average molecular weight is 383 g/mol. The van der Waals surface area contributed by atoms with Crippen molar-refractivity contribution < 1.29 is 27.0 Å². The highest BCUT2D eigenvalue weighted by Gasteiger charge is 2.33. The van der Waals surface area contributed by atoms with Crippen molar-refractivity contribution in [2.24, 2.45) is 0 Å². The van der Waals surface area contributed by atoms with Crippen LogP contribution in [0, 0.1) is 6.92 Å². The smallest absolute Gasteiger partial charge is 0.246 e. The lowest BCUT2D eigenvalue weighted by atomic mass is 10.3. The Kier molecular flexibility index (Phi) is 5.87. The third-order valence-corrected chi connectivity index (χ3v) is 5.74. The van der Waals surface area contributed by atoms with E-state index in [1.54, 1.807) is 26.2 Å². The van der Waals surface area contributed by atoms with Crippen LogP contribution in [0.5, 0.6) is 5.75 Å². The van der Waals surface area contributed by atoms with E-state index in [1.165, 1.54) is 16.4 Å². The van der Waals surface area contributed by atoms with Crippen molar-refractivity contribution in [3.8, 4) is 5.75 Å². The number of nitrogens with zero attached hydrogens (tertiary/aromatic N) is 3. The first-order chi connectivity index (χ1) is 12.5. The van der Waals surface area contributed by atoms with Gasteiger partial charge in [0.05, 0.1) is 18.1 Å². The van der Waals surface area contributed by atoms with Gasteiger partial charge in [0.1, 0.15) is 18.5 Å². The minimum Gasteiger partial charge on any atom is -0.491 e. The van der Waals surface area contributed by atoms with Crippen LogP contribution in [0.4, 0.5) is 0 Å². The predicted molar refractivity (Wildman–Crippen MR) is 90.3 cm³/mol. The molecule has 0 radical (unpaired) electrons. The molecular weight excluding hydrogens is 362 g/mol. The number of rotatable bonds is 7. The second kappa shape index (κ2) is 8.12. The van der Waals surface area contributed by atoms with Gasteiger partial charge >= 0.3 is 0 Å². The summed E-state index contributed by atoms with van der Waals surface area (Å²) in [5.41, 5.74) is 0. The zero-order valence-corrected chi connectivity index (χ0v) is 15.4. The van der Waals surface area contributed by atoms with Crippen LogP contribution in [0.3, 0.4) is 0 Å². The minimum atomic E-state index is -3.65. The van der Waals surface area contributed by atoms with E-state index in [0.29, 0.717) is 24.9 Å². The summed E-state index contributed by atoms with van der Waals surface area (Å²) in [6.07, 6.45) is -0.573. The first kappa shape index (κ1) is 18.8. The molecule has 9 nitrogen and oxygen atoms in total. The summed E-state index contributed by atoms with van der Waals surface area (Å²) < 4.78 is 48.4. The first-order valence-electron chi connectivity index (χ1n) is 8.14. The van der Waals surface area contributed by atoms with Gasteiger partial charge in [-0.15, -0.1) is 10.2 Å². The van der Waals surface area contributed by atoms with Crippen molar-refractivity contribution in [3.63, 3.8) is 0 Å². The number of aromatic nitrogens is 2. The number of hydrogen-bond donors (Lipinski definition) is 0. The molecule has 1 aliphatic heterocycles. The van der Waals surface area contributed by atoms with Crippen molar-refractivity contribution in [2.45, 2.75) is 17.9 Å². The molecule has 0 unspecified atom stereocenters. The fourth-order valence-electron chi connectivity index (χ4n) is 2.54. The van der Waals surface area contributed by atoms with E-state index in [-0.39, 0.29) is 30.5 Å². The molecule has 0 aliphatic carbocycles. The summed E-state index contributed by atoms with van der Waals surface area (Å²) in [6, 6.07) is 6.31. The maximum Gasteiger partial charge on any atom is 0.246 e. The summed E-state index contributed by atoms with van der Waals surface area (Å²) in [6.45, 7) is 3.17. The molecule has 0 amide bonds. The third kappa shape index (κ3) is 4.21. The molecule has 2 heterocycles. The third-order valence-electron chi connectivity index (χ3n) is 3.86. The van der Waals surface area contributed by atoms with Crippen LogP contribution in [0.15, 0.2) is 33.6 Å². The molecule has 0 spiro atoms. The monoisotopic (exact) mass is 383 g/mol. The maximum atomic E-state index is 12.9. The van der Waals surface area contributed by atoms with Gasteiger partial charge in [0.25, 0.3) is 0 Å². The van der Waals surface area contributed by atoms with Crippen molar-refractivity contribution in [1.82, 2.24) is 14.5 Å². The van der Waals surface area contributed by atoms with Crippen LogP contribution in [0.25, 0.3) is 0 Å². The van der Waals surface area contributed by atoms with Crippen LogP contribution in [0.2, 0.25) is 0 Å². The summed E-state index contributed by atoms with van der Waals surface area (Å²) in [5, 5.41) is 7.68. The topological polar surface area (TPSA) is 104 Å². The molecule has 10 heteroatoms. The zero-order valence-electron chi connectivity index (χ0n) is 14.6. The quantitative estimate of drug-likeness (QED) is 0.656. The molecule has 1 aromatic heterocycles. The van der Waals surface area contributed by atoms with Crippen LogP contribution >= 0.6 is 0 Å². The first-order valence-corrected chi connectivity index (χ1v) is 9.58. The Morgan fingerprint density at radius 3 is 2.65 bits per heavy atom. The largest absolute Gasteiger partial charge is 0.491 e. The summed E-state index contributed by atoms with van der Waals surface area (Å²) in [7, 11) is -2.07. The van der Waals surface area contributed by atoms with Crippen molar-refractivity contribution in [2.75, 3.05) is 40.0 Å². The molecule has 1 atom stereocenters. The Labute approximate surface area is 151 Å². The van der Waals surface area contributed by atoms with E-state index in [2.05, 4.69) is 10.2 Å². The molecule has 1 fully saturated rings. The van der Waals surface area contributed by atoms with Crippen molar-refractivity contribution >= 4 is 10.0 Å². The molecule has 142 valence electrons. The van der Waals surface area contributed by atoms with Gasteiger partial charge in [-0.25, -0.2) is 8.42 Å². The highest BCUT2D eigenvalue weighted by atomic mass is 32.2.